The van der Waals surface area contributed by atoms with Gasteiger partial charge in [0.05, 0.1) is 5.69 Å². The van der Waals surface area contributed by atoms with Crippen LogP contribution in [0.15, 0.2) is 53.8 Å². The van der Waals surface area contributed by atoms with Crippen molar-refractivity contribution in [3.05, 3.63) is 64.8 Å². The number of hydrogen-bond donors (Lipinski definition) is 0. The van der Waals surface area contributed by atoms with E-state index in [0.717, 1.165) is 31.2 Å². The van der Waals surface area contributed by atoms with E-state index in [-0.39, 0.29) is 0 Å². The van der Waals surface area contributed by atoms with Crippen LogP contribution in [0.5, 0.6) is 0 Å². The number of fused-ring (bicyclic) bond motifs is 1. The van der Waals surface area contributed by atoms with E-state index in [1.807, 2.05) is 23.8 Å². The normalized spacial score (nSPS) is 14.5. The van der Waals surface area contributed by atoms with E-state index >= 15 is 0 Å². The van der Waals surface area contributed by atoms with Crippen molar-refractivity contribution >= 4 is 23.1 Å². The van der Waals surface area contributed by atoms with Gasteiger partial charge in [0.2, 0.25) is 0 Å². The third kappa shape index (κ3) is 3.38. The van der Waals surface area contributed by atoms with Crippen LogP contribution < -0.4 is 0 Å². The van der Waals surface area contributed by atoms with Crippen molar-refractivity contribution in [3.8, 4) is 10.4 Å². The highest BCUT2D eigenvalue weighted by atomic mass is 32.2. The fourth-order valence-corrected chi connectivity index (χ4v) is 4.45. The second-order valence-electron chi connectivity index (χ2n) is 5.92. The van der Waals surface area contributed by atoms with Gasteiger partial charge >= 0.3 is 0 Å². The molecule has 122 valence electrons. The summed E-state index contributed by atoms with van der Waals surface area (Å²) in [6, 6.07) is 15.1. The predicted octanol–water partition coefficient (Wildman–Crippen LogP) is 4.49. The first-order chi connectivity index (χ1) is 11.8. The van der Waals surface area contributed by atoms with Gasteiger partial charge in [0.1, 0.15) is 0 Å². The van der Waals surface area contributed by atoms with Crippen LogP contribution in [0.1, 0.15) is 16.1 Å². The zero-order valence-corrected chi connectivity index (χ0v) is 15.2. The van der Waals surface area contributed by atoms with Gasteiger partial charge in [-0.05, 0) is 24.0 Å². The van der Waals surface area contributed by atoms with Crippen molar-refractivity contribution in [3.63, 3.8) is 0 Å². The van der Waals surface area contributed by atoms with E-state index in [1.54, 1.807) is 11.8 Å². The average Bonchev–Trinajstić information content (AvgIpc) is 3.10. The summed E-state index contributed by atoms with van der Waals surface area (Å²) in [6.45, 7) is 3.01. The van der Waals surface area contributed by atoms with E-state index in [0.29, 0.717) is 0 Å². The lowest BCUT2D eigenvalue weighted by molar-refractivity contribution is 0.244. The van der Waals surface area contributed by atoms with E-state index in [2.05, 4.69) is 57.3 Å². The topological polar surface area (TPSA) is 29.0 Å². The number of thioether (sulfide) groups is 1. The van der Waals surface area contributed by atoms with Crippen molar-refractivity contribution in [2.24, 2.45) is 0 Å². The first-order valence-electron chi connectivity index (χ1n) is 8.07. The smallest absolute Gasteiger partial charge is 0.187 e. The van der Waals surface area contributed by atoms with E-state index in [9.17, 15) is 0 Å². The Hall–Kier alpha value is -1.69. The molecule has 0 unspecified atom stereocenters. The Morgan fingerprint density at radius 2 is 2.04 bits per heavy atom. The van der Waals surface area contributed by atoms with Gasteiger partial charge in [0.15, 0.2) is 5.16 Å². The summed E-state index contributed by atoms with van der Waals surface area (Å²) in [5.41, 5.74) is 3.80. The van der Waals surface area contributed by atoms with Crippen LogP contribution in [-0.4, -0.2) is 27.7 Å². The van der Waals surface area contributed by atoms with Gasteiger partial charge in [-0.3, -0.25) is 4.90 Å². The SMILES string of the molecule is CSc1ncc2c(n1)CCN(Cc1ccc(-c3ccccc3)s1)C2. The van der Waals surface area contributed by atoms with E-state index < -0.39 is 0 Å². The molecule has 3 aromatic rings. The zero-order valence-electron chi connectivity index (χ0n) is 13.6. The van der Waals surface area contributed by atoms with Gasteiger partial charge in [0, 0.05) is 47.6 Å². The molecular weight excluding hydrogens is 334 g/mol. The van der Waals surface area contributed by atoms with Crippen LogP contribution in [0.3, 0.4) is 0 Å². The van der Waals surface area contributed by atoms with E-state index in [1.165, 1.54) is 26.6 Å². The molecule has 0 fully saturated rings. The molecular formula is C19H19N3S2. The van der Waals surface area contributed by atoms with Crippen LogP contribution in [-0.2, 0) is 19.5 Å². The van der Waals surface area contributed by atoms with Gasteiger partial charge in [-0.2, -0.15) is 0 Å². The third-order valence-electron chi connectivity index (χ3n) is 4.27. The Bertz CT molecular complexity index is 830. The zero-order chi connectivity index (χ0) is 16.4. The number of rotatable bonds is 4. The maximum absolute atomic E-state index is 4.64. The first-order valence-corrected chi connectivity index (χ1v) is 10.1. The standard InChI is InChI=1S/C19H19N3S2/c1-23-19-20-11-15-12-22(10-9-17(15)21-19)13-16-7-8-18(24-16)14-5-3-2-4-6-14/h2-8,11H,9-10,12-13H2,1H3. The number of thiophene rings is 1. The van der Waals surface area contributed by atoms with E-state index in [4.69, 9.17) is 0 Å². The molecule has 3 heterocycles. The molecule has 0 bridgehead atoms. The Balaban J connectivity index is 1.46. The van der Waals surface area contributed by atoms with Crippen molar-refractivity contribution in [1.82, 2.24) is 14.9 Å². The summed E-state index contributed by atoms with van der Waals surface area (Å²) in [4.78, 5) is 14.3. The van der Waals surface area contributed by atoms with Crippen molar-refractivity contribution in [1.29, 1.82) is 0 Å². The quantitative estimate of drug-likeness (QED) is 0.511. The summed E-state index contributed by atoms with van der Waals surface area (Å²) in [7, 11) is 0. The second-order valence-corrected chi connectivity index (χ2v) is 7.86. The lowest BCUT2D eigenvalue weighted by atomic mass is 10.1. The van der Waals surface area contributed by atoms with Gasteiger partial charge < -0.3 is 0 Å². The van der Waals surface area contributed by atoms with Crippen LogP contribution in [0.2, 0.25) is 0 Å². The number of benzene rings is 1. The minimum absolute atomic E-state index is 0.882. The average molecular weight is 354 g/mol. The molecule has 1 aliphatic rings. The van der Waals surface area contributed by atoms with Crippen LogP contribution in [0.25, 0.3) is 10.4 Å². The molecule has 0 spiro atoms. The van der Waals surface area contributed by atoms with Crippen molar-refractivity contribution in [2.45, 2.75) is 24.7 Å². The monoisotopic (exact) mass is 353 g/mol. The molecule has 2 aromatic heterocycles. The molecule has 4 rings (SSSR count). The van der Waals surface area contributed by atoms with Crippen molar-refractivity contribution in [2.75, 3.05) is 12.8 Å². The van der Waals surface area contributed by atoms with Crippen LogP contribution >= 0.6 is 23.1 Å². The number of aromatic nitrogens is 2. The third-order valence-corrected chi connectivity index (χ3v) is 5.95. The highest BCUT2D eigenvalue weighted by molar-refractivity contribution is 7.98. The fraction of sp³-hybridized carbons (Fsp3) is 0.263. The first kappa shape index (κ1) is 15.8. The Labute approximate surface area is 150 Å². The summed E-state index contributed by atoms with van der Waals surface area (Å²) < 4.78 is 0. The molecule has 0 atom stereocenters. The van der Waals surface area contributed by atoms with Gasteiger partial charge in [-0.1, -0.05) is 42.1 Å². The minimum atomic E-state index is 0.882. The Morgan fingerprint density at radius 3 is 2.88 bits per heavy atom. The maximum Gasteiger partial charge on any atom is 0.187 e. The lowest BCUT2D eigenvalue weighted by Crippen LogP contribution is -2.30. The molecule has 3 nitrogen and oxygen atoms in total. The Kier molecular flexibility index (Phi) is 4.65. The highest BCUT2D eigenvalue weighted by Gasteiger charge is 2.19. The molecule has 0 N–H and O–H groups in total. The van der Waals surface area contributed by atoms with Gasteiger partial charge in [0.25, 0.3) is 0 Å². The molecule has 0 saturated carbocycles. The molecule has 0 aliphatic carbocycles. The lowest BCUT2D eigenvalue weighted by Gasteiger charge is -2.27. The highest BCUT2D eigenvalue weighted by Crippen LogP contribution is 2.29. The van der Waals surface area contributed by atoms with Crippen molar-refractivity contribution < 1.29 is 0 Å². The minimum Gasteiger partial charge on any atom is -0.293 e. The summed E-state index contributed by atoms with van der Waals surface area (Å²) in [5.74, 6) is 0. The molecule has 1 aliphatic heterocycles. The summed E-state index contributed by atoms with van der Waals surface area (Å²) in [6.07, 6.45) is 5.05. The summed E-state index contributed by atoms with van der Waals surface area (Å²) >= 11 is 3.50. The molecule has 0 amide bonds. The molecule has 1 aromatic carbocycles. The largest absolute Gasteiger partial charge is 0.293 e. The molecule has 0 radical (unpaired) electrons. The van der Waals surface area contributed by atoms with Crippen LogP contribution in [0.4, 0.5) is 0 Å². The van der Waals surface area contributed by atoms with Gasteiger partial charge in [-0.25, -0.2) is 9.97 Å². The fourth-order valence-electron chi connectivity index (χ4n) is 3.03. The van der Waals surface area contributed by atoms with Crippen LogP contribution in [0, 0.1) is 0 Å². The molecule has 0 saturated heterocycles. The maximum atomic E-state index is 4.64. The van der Waals surface area contributed by atoms with Gasteiger partial charge in [-0.15, -0.1) is 11.3 Å². The predicted molar refractivity (Wildman–Crippen MR) is 101 cm³/mol. The molecule has 5 heteroatoms. The Morgan fingerprint density at radius 1 is 1.17 bits per heavy atom. The second kappa shape index (κ2) is 7.05. The molecule has 24 heavy (non-hydrogen) atoms. The number of nitrogens with zero attached hydrogens (tertiary/aromatic N) is 3. The number of hydrogen-bond acceptors (Lipinski definition) is 5. The summed E-state index contributed by atoms with van der Waals surface area (Å²) in [5, 5.41) is 0.882.